The first-order valence-corrected chi connectivity index (χ1v) is 6.15. The highest BCUT2D eigenvalue weighted by Crippen LogP contribution is 2.33. The molecule has 1 saturated carbocycles. The third kappa shape index (κ3) is 2.06. The molecule has 90 valence electrons. The zero-order valence-corrected chi connectivity index (χ0v) is 9.90. The molecule has 0 aliphatic heterocycles. The third-order valence-electron chi connectivity index (χ3n) is 3.29. The van der Waals surface area contributed by atoms with E-state index in [1.807, 2.05) is 30.3 Å². The van der Waals surface area contributed by atoms with Crippen LogP contribution in [0.3, 0.4) is 0 Å². The maximum absolute atomic E-state index is 14.0. The molecule has 1 nitrogen and oxygen atoms in total. The first-order valence-electron chi connectivity index (χ1n) is 6.15. The van der Waals surface area contributed by atoms with Gasteiger partial charge in [0, 0.05) is 17.0 Å². The van der Waals surface area contributed by atoms with Crippen LogP contribution in [0.4, 0.5) is 4.39 Å². The Morgan fingerprint density at radius 2 is 1.78 bits per heavy atom. The van der Waals surface area contributed by atoms with E-state index in [-0.39, 0.29) is 17.5 Å². The standard InChI is InChI=1S/C16H13FO/c17-15-10-13(16(18)12-6-7-12)8-9-14(15)11-4-2-1-3-5-11/h1-5,8-10,12H,6-7H2. The van der Waals surface area contributed by atoms with E-state index in [1.165, 1.54) is 6.07 Å². The molecule has 0 aromatic heterocycles. The molecule has 0 bridgehead atoms. The molecule has 2 aromatic carbocycles. The second-order valence-corrected chi connectivity index (χ2v) is 4.70. The molecule has 0 radical (unpaired) electrons. The Kier molecular flexibility index (Phi) is 2.71. The van der Waals surface area contributed by atoms with Gasteiger partial charge in [0.05, 0.1) is 0 Å². The minimum atomic E-state index is -0.326. The van der Waals surface area contributed by atoms with E-state index in [9.17, 15) is 9.18 Å². The zero-order chi connectivity index (χ0) is 12.5. The van der Waals surface area contributed by atoms with Gasteiger partial charge in [-0.05, 0) is 24.5 Å². The molecule has 0 unspecified atom stereocenters. The van der Waals surface area contributed by atoms with Gasteiger partial charge < -0.3 is 0 Å². The van der Waals surface area contributed by atoms with Crippen molar-refractivity contribution < 1.29 is 9.18 Å². The van der Waals surface area contributed by atoms with Crippen molar-refractivity contribution in [1.29, 1.82) is 0 Å². The predicted molar refractivity (Wildman–Crippen MR) is 68.9 cm³/mol. The minimum absolute atomic E-state index is 0.0773. The summed E-state index contributed by atoms with van der Waals surface area (Å²) in [4.78, 5) is 11.8. The number of ketones is 1. The normalized spacial score (nSPS) is 14.5. The van der Waals surface area contributed by atoms with Crippen LogP contribution in [-0.4, -0.2) is 5.78 Å². The number of hydrogen-bond acceptors (Lipinski definition) is 1. The molecule has 0 spiro atoms. The number of rotatable bonds is 3. The minimum Gasteiger partial charge on any atom is -0.294 e. The van der Waals surface area contributed by atoms with Gasteiger partial charge in [0.25, 0.3) is 0 Å². The lowest BCUT2D eigenvalue weighted by Gasteiger charge is -2.05. The van der Waals surface area contributed by atoms with Crippen molar-refractivity contribution in [3.63, 3.8) is 0 Å². The second-order valence-electron chi connectivity index (χ2n) is 4.70. The Labute approximate surface area is 105 Å². The zero-order valence-electron chi connectivity index (χ0n) is 9.90. The van der Waals surface area contributed by atoms with Gasteiger partial charge in [-0.25, -0.2) is 4.39 Å². The maximum atomic E-state index is 14.0. The average Bonchev–Trinajstić information content (AvgIpc) is 3.23. The number of Topliss-reactive ketones (excluding diaryl/α,β-unsaturated/α-hetero) is 1. The molecule has 1 fully saturated rings. The van der Waals surface area contributed by atoms with Crippen LogP contribution < -0.4 is 0 Å². The number of benzene rings is 2. The van der Waals surface area contributed by atoms with Crippen molar-refractivity contribution in [2.24, 2.45) is 5.92 Å². The Morgan fingerprint density at radius 1 is 1.06 bits per heavy atom. The summed E-state index contributed by atoms with van der Waals surface area (Å²) in [6.45, 7) is 0. The molecule has 0 saturated heterocycles. The first-order chi connectivity index (χ1) is 8.75. The van der Waals surface area contributed by atoms with Crippen LogP contribution in [-0.2, 0) is 0 Å². The topological polar surface area (TPSA) is 17.1 Å². The summed E-state index contributed by atoms with van der Waals surface area (Å²) in [6, 6.07) is 14.2. The summed E-state index contributed by atoms with van der Waals surface area (Å²) < 4.78 is 14.0. The Bertz CT molecular complexity index is 585. The van der Waals surface area contributed by atoms with Crippen molar-refractivity contribution >= 4 is 5.78 Å². The SMILES string of the molecule is O=C(c1ccc(-c2ccccc2)c(F)c1)C1CC1. The van der Waals surface area contributed by atoms with Gasteiger partial charge in [0.15, 0.2) is 5.78 Å². The third-order valence-corrected chi connectivity index (χ3v) is 3.29. The first kappa shape index (κ1) is 11.1. The molecule has 0 heterocycles. The summed E-state index contributed by atoms with van der Waals surface area (Å²) in [5, 5.41) is 0. The van der Waals surface area contributed by atoms with Crippen LogP contribution in [0.1, 0.15) is 23.2 Å². The number of carbonyl (C=O) groups is 1. The van der Waals surface area contributed by atoms with E-state index in [0.717, 1.165) is 18.4 Å². The van der Waals surface area contributed by atoms with Crippen LogP contribution >= 0.6 is 0 Å². The fourth-order valence-electron chi connectivity index (χ4n) is 2.10. The molecule has 2 aromatic rings. The molecule has 1 aliphatic rings. The highest BCUT2D eigenvalue weighted by Gasteiger charge is 2.30. The van der Waals surface area contributed by atoms with Crippen molar-refractivity contribution in [2.45, 2.75) is 12.8 Å². The molecule has 0 atom stereocenters. The van der Waals surface area contributed by atoms with E-state index < -0.39 is 0 Å². The van der Waals surface area contributed by atoms with Gasteiger partial charge in [-0.1, -0.05) is 42.5 Å². The van der Waals surface area contributed by atoms with Crippen LogP contribution in [0.15, 0.2) is 48.5 Å². The van der Waals surface area contributed by atoms with Crippen molar-refractivity contribution in [3.05, 3.63) is 59.9 Å². The summed E-state index contributed by atoms with van der Waals surface area (Å²) in [5.74, 6) is -0.117. The van der Waals surface area contributed by atoms with Gasteiger partial charge in [0.2, 0.25) is 0 Å². The number of halogens is 1. The van der Waals surface area contributed by atoms with E-state index >= 15 is 0 Å². The predicted octanol–water partition coefficient (Wildman–Crippen LogP) is 4.09. The van der Waals surface area contributed by atoms with Gasteiger partial charge in [-0.15, -0.1) is 0 Å². The lowest BCUT2D eigenvalue weighted by atomic mass is 10.0. The van der Waals surface area contributed by atoms with Crippen LogP contribution in [0.2, 0.25) is 0 Å². The van der Waals surface area contributed by atoms with E-state index in [4.69, 9.17) is 0 Å². The molecular formula is C16H13FO. The monoisotopic (exact) mass is 240 g/mol. The molecule has 18 heavy (non-hydrogen) atoms. The van der Waals surface area contributed by atoms with Gasteiger partial charge >= 0.3 is 0 Å². The Morgan fingerprint density at radius 3 is 2.39 bits per heavy atom. The quantitative estimate of drug-likeness (QED) is 0.738. The van der Waals surface area contributed by atoms with Gasteiger partial charge in [0.1, 0.15) is 5.82 Å². The fourth-order valence-corrected chi connectivity index (χ4v) is 2.10. The molecule has 1 aliphatic carbocycles. The Balaban J connectivity index is 1.96. The van der Waals surface area contributed by atoms with Crippen molar-refractivity contribution in [3.8, 4) is 11.1 Å². The molecule has 0 N–H and O–H groups in total. The number of hydrogen-bond donors (Lipinski definition) is 0. The molecule has 0 amide bonds. The fraction of sp³-hybridized carbons (Fsp3) is 0.188. The van der Waals surface area contributed by atoms with E-state index in [0.29, 0.717) is 11.1 Å². The largest absolute Gasteiger partial charge is 0.294 e. The second kappa shape index (κ2) is 4.37. The summed E-state index contributed by atoms with van der Waals surface area (Å²) >= 11 is 0. The lowest BCUT2D eigenvalue weighted by molar-refractivity contribution is 0.0967. The number of carbonyl (C=O) groups excluding carboxylic acids is 1. The average molecular weight is 240 g/mol. The van der Waals surface area contributed by atoms with Crippen molar-refractivity contribution in [1.82, 2.24) is 0 Å². The summed E-state index contributed by atoms with van der Waals surface area (Å²) in [7, 11) is 0. The highest BCUT2D eigenvalue weighted by atomic mass is 19.1. The van der Waals surface area contributed by atoms with Crippen LogP contribution in [0, 0.1) is 11.7 Å². The Hall–Kier alpha value is -1.96. The van der Waals surface area contributed by atoms with Crippen LogP contribution in [0.5, 0.6) is 0 Å². The smallest absolute Gasteiger partial charge is 0.166 e. The summed E-state index contributed by atoms with van der Waals surface area (Å²) in [5.41, 5.74) is 1.87. The summed E-state index contributed by atoms with van der Waals surface area (Å²) in [6.07, 6.45) is 1.89. The van der Waals surface area contributed by atoms with Gasteiger partial charge in [-0.2, -0.15) is 0 Å². The lowest BCUT2D eigenvalue weighted by Crippen LogP contribution is -2.02. The van der Waals surface area contributed by atoms with Crippen molar-refractivity contribution in [2.75, 3.05) is 0 Å². The van der Waals surface area contributed by atoms with E-state index in [2.05, 4.69) is 0 Å². The van der Waals surface area contributed by atoms with Gasteiger partial charge in [-0.3, -0.25) is 4.79 Å². The van der Waals surface area contributed by atoms with Crippen LogP contribution in [0.25, 0.3) is 11.1 Å². The highest BCUT2D eigenvalue weighted by molar-refractivity contribution is 5.99. The molecule has 3 rings (SSSR count). The molecular weight excluding hydrogens is 227 g/mol. The van der Waals surface area contributed by atoms with E-state index in [1.54, 1.807) is 12.1 Å². The molecule has 2 heteroatoms. The maximum Gasteiger partial charge on any atom is 0.166 e.